The quantitative estimate of drug-likeness (QED) is 0.624. The van der Waals surface area contributed by atoms with E-state index >= 15 is 0 Å². The molecule has 0 saturated carbocycles. The summed E-state index contributed by atoms with van der Waals surface area (Å²) in [5, 5.41) is 5.48. The van der Waals surface area contributed by atoms with E-state index in [0.29, 0.717) is 19.5 Å². The van der Waals surface area contributed by atoms with Gasteiger partial charge in [-0.3, -0.25) is 9.59 Å². The van der Waals surface area contributed by atoms with Crippen molar-refractivity contribution >= 4 is 11.8 Å². The third-order valence-electron chi connectivity index (χ3n) is 2.26. The van der Waals surface area contributed by atoms with Gasteiger partial charge in [0.25, 0.3) is 0 Å². The van der Waals surface area contributed by atoms with Crippen LogP contribution in [0.5, 0.6) is 0 Å². The zero-order valence-electron chi connectivity index (χ0n) is 9.96. The molecule has 0 aliphatic rings. The second-order valence-electron chi connectivity index (χ2n) is 3.64. The van der Waals surface area contributed by atoms with E-state index in [1.54, 1.807) is 19.0 Å². The fourth-order valence-corrected chi connectivity index (χ4v) is 1.27. The second-order valence-corrected chi connectivity index (χ2v) is 3.64. The van der Waals surface area contributed by atoms with Crippen molar-refractivity contribution in [2.75, 3.05) is 34.2 Å². The summed E-state index contributed by atoms with van der Waals surface area (Å²) in [6, 6.07) is 0. The molecule has 2 N–H and O–H groups in total. The largest absolute Gasteiger partial charge is 0.359 e. The van der Waals surface area contributed by atoms with Gasteiger partial charge in [0.05, 0.1) is 0 Å². The van der Waals surface area contributed by atoms with Gasteiger partial charge in [0.1, 0.15) is 0 Å². The molecule has 5 heteroatoms. The lowest BCUT2D eigenvalue weighted by molar-refractivity contribution is -0.134. The van der Waals surface area contributed by atoms with Crippen molar-refractivity contribution in [3.63, 3.8) is 0 Å². The number of hydrogen-bond acceptors (Lipinski definition) is 3. The predicted molar refractivity (Wildman–Crippen MR) is 59.4 cm³/mol. The maximum absolute atomic E-state index is 11.7. The van der Waals surface area contributed by atoms with E-state index in [2.05, 4.69) is 10.6 Å². The summed E-state index contributed by atoms with van der Waals surface area (Å²) < 4.78 is 0. The Labute approximate surface area is 91.2 Å². The molecule has 0 saturated heterocycles. The zero-order valence-corrected chi connectivity index (χ0v) is 9.96. The molecule has 0 aliphatic heterocycles. The number of amides is 2. The van der Waals surface area contributed by atoms with E-state index in [-0.39, 0.29) is 17.7 Å². The second kappa shape index (κ2) is 7.23. The van der Waals surface area contributed by atoms with Crippen molar-refractivity contribution in [2.45, 2.75) is 13.3 Å². The molecule has 0 aliphatic carbocycles. The predicted octanol–water partition coefficient (Wildman–Crippen LogP) is -0.564. The van der Waals surface area contributed by atoms with Crippen LogP contribution in [0.1, 0.15) is 13.3 Å². The third-order valence-corrected chi connectivity index (χ3v) is 2.26. The maximum atomic E-state index is 11.7. The summed E-state index contributed by atoms with van der Waals surface area (Å²) in [4.78, 5) is 24.3. The van der Waals surface area contributed by atoms with Crippen molar-refractivity contribution < 1.29 is 9.59 Å². The van der Waals surface area contributed by atoms with Crippen LogP contribution in [0.4, 0.5) is 0 Å². The Bertz CT molecular complexity index is 219. The Hall–Kier alpha value is -1.10. The van der Waals surface area contributed by atoms with Gasteiger partial charge in [0.2, 0.25) is 11.8 Å². The summed E-state index contributed by atoms with van der Waals surface area (Å²) in [5.74, 6) is -0.0335. The summed E-state index contributed by atoms with van der Waals surface area (Å²) in [5.41, 5.74) is 0. The fraction of sp³-hybridized carbons (Fsp3) is 0.800. The van der Waals surface area contributed by atoms with E-state index in [9.17, 15) is 9.59 Å². The highest BCUT2D eigenvalue weighted by Gasteiger charge is 2.16. The van der Waals surface area contributed by atoms with Crippen molar-refractivity contribution in [1.82, 2.24) is 15.5 Å². The van der Waals surface area contributed by atoms with Crippen LogP contribution in [0, 0.1) is 5.92 Å². The summed E-state index contributed by atoms with van der Waals surface area (Å²) in [6.45, 7) is 2.99. The Kier molecular flexibility index (Phi) is 6.70. The molecule has 1 unspecified atom stereocenters. The van der Waals surface area contributed by atoms with Crippen molar-refractivity contribution in [2.24, 2.45) is 5.92 Å². The van der Waals surface area contributed by atoms with E-state index in [1.165, 1.54) is 0 Å². The van der Waals surface area contributed by atoms with Gasteiger partial charge in [-0.05, 0) is 7.05 Å². The van der Waals surface area contributed by atoms with E-state index in [4.69, 9.17) is 0 Å². The van der Waals surface area contributed by atoms with Crippen molar-refractivity contribution in [3.05, 3.63) is 0 Å². The molecule has 2 amide bonds. The average molecular weight is 215 g/mol. The first-order valence-corrected chi connectivity index (χ1v) is 5.13. The number of nitrogens with zero attached hydrogens (tertiary/aromatic N) is 1. The van der Waals surface area contributed by atoms with Gasteiger partial charge < -0.3 is 15.5 Å². The Morgan fingerprint density at radius 1 is 1.33 bits per heavy atom. The molecule has 0 radical (unpaired) electrons. The Morgan fingerprint density at radius 3 is 2.40 bits per heavy atom. The molecule has 0 heterocycles. The average Bonchev–Trinajstić information content (AvgIpc) is 2.24. The van der Waals surface area contributed by atoms with Crippen molar-refractivity contribution in [1.29, 1.82) is 0 Å². The maximum Gasteiger partial charge on any atom is 0.226 e. The highest BCUT2D eigenvalue weighted by Crippen LogP contribution is 2.00. The van der Waals surface area contributed by atoms with Crippen molar-refractivity contribution in [3.8, 4) is 0 Å². The first kappa shape index (κ1) is 13.9. The third kappa shape index (κ3) is 5.37. The molecular formula is C10H21N3O2. The minimum atomic E-state index is -0.0512. The van der Waals surface area contributed by atoms with Crippen LogP contribution in [0.25, 0.3) is 0 Å². The smallest absolute Gasteiger partial charge is 0.226 e. The number of carbonyl (C=O) groups excluding carboxylic acids is 2. The van der Waals surface area contributed by atoms with Crippen LogP contribution in [-0.4, -0.2) is 50.9 Å². The number of carbonyl (C=O) groups is 2. The summed E-state index contributed by atoms with van der Waals surface area (Å²) in [7, 11) is 5.12. The van der Waals surface area contributed by atoms with Gasteiger partial charge in [-0.25, -0.2) is 0 Å². The summed E-state index contributed by atoms with van der Waals surface area (Å²) >= 11 is 0. The first-order chi connectivity index (χ1) is 7.02. The molecule has 0 spiro atoms. The summed E-state index contributed by atoms with van der Waals surface area (Å²) in [6.07, 6.45) is 0.352. The topological polar surface area (TPSA) is 61.4 Å². The molecule has 0 fully saturated rings. The minimum Gasteiger partial charge on any atom is -0.359 e. The number of hydrogen-bond donors (Lipinski definition) is 2. The van der Waals surface area contributed by atoms with Crippen LogP contribution >= 0.6 is 0 Å². The van der Waals surface area contributed by atoms with Crippen LogP contribution in [-0.2, 0) is 9.59 Å². The highest BCUT2D eigenvalue weighted by atomic mass is 16.2. The molecule has 0 aromatic heterocycles. The zero-order chi connectivity index (χ0) is 11.8. The monoisotopic (exact) mass is 215 g/mol. The van der Waals surface area contributed by atoms with Crippen LogP contribution in [0.3, 0.4) is 0 Å². The standard InChI is InChI=1S/C10H21N3O2/c1-8(7-11-2)10(15)13(4)6-5-9(14)12-3/h8,11H,5-7H2,1-4H3,(H,12,14). The molecular weight excluding hydrogens is 194 g/mol. The normalized spacial score (nSPS) is 12.0. The van der Waals surface area contributed by atoms with Gasteiger partial charge in [-0.2, -0.15) is 0 Å². The molecule has 5 nitrogen and oxygen atoms in total. The van der Waals surface area contributed by atoms with Gasteiger partial charge >= 0.3 is 0 Å². The molecule has 15 heavy (non-hydrogen) atoms. The number of rotatable bonds is 6. The van der Waals surface area contributed by atoms with Gasteiger partial charge in [0.15, 0.2) is 0 Å². The molecule has 0 aromatic rings. The SMILES string of the molecule is CNCC(C)C(=O)N(C)CCC(=O)NC. The Morgan fingerprint density at radius 2 is 1.93 bits per heavy atom. The highest BCUT2D eigenvalue weighted by molar-refractivity contribution is 5.80. The number of nitrogens with one attached hydrogen (secondary N) is 2. The molecule has 88 valence electrons. The van der Waals surface area contributed by atoms with Gasteiger partial charge in [-0.1, -0.05) is 6.92 Å². The van der Waals surface area contributed by atoms with E-state index in [0.717, 1.165) is 0 Å². The molecule has 0 bridgehead atoms. The Balaban J connectivity index is 3.93. The van der Waals surface area contributed by atoms with Gasteiger partial charge in [0, 0.05) is 39.5 Å². The lowest BCUT2D eigenvalue weighted by atomic mass is 10.1. The molecule has 1 atom stereocenters. The van der Waals surface area contributed by atoms with E-state index < -0.39 is 0 Å². The van der Waals surface area contributed by atoms with E-state index in [1.807, 2.05) is 14.0 Å². The van der Waals surface area contributed by atoms with Crippen LogP contribution in [0.15, 0.2) is 0 Å². The van der Waals surface area contributed by atoms with Crippen LogP contribution in [0.2, 0.25) is 0 Å². The molecule has 0 rings (SSSR count). The van der Waals surface area contributed by atoms with Crippen LogP contribution < -0.4 is 10.6 Å². The minimum absolute atomic E-state index is 0.0454. The fourth-order valence-electron chi connectivity index (χ4n) is 1.27. The lowest BCUT2D eigenvalue weighted by Gasteiger charge is -2.20. The van der Waals surface area contributed by atoms with Gasteiger partial charge in [-0.15, -0.1) is 0 Å². The first-order valence-electron chi connectivity index (χ1n) is 5.13. The molecule has 0 aromatic carbocycles. The lowest BCUT2D eigenvalue weighted by Crippen LogP contribution is -2.37.